The number of rotatable bonds is 3. The molecule has 166 valence electrons. The lowest BCUT2D eigenvalue weighted by molar-refractivity contribution is -0.132. The summed E-state index contributed by atoms with van der Waals surface area (Å²) in [6.07, 6.45) is 8.13. The molecule has 6 nitrogen and oxygen atoms in total. The summed E-state index contributed by atoms with van der Waals surface area (Å²) < 4.78 is 0. The van der Waals surface area contributed by atoms with Crippen LogP contribution in [0.15, 0.2) is 67.3 Å². The maximum absolute atomic E-state index is 13.3. The van der Waals surface area contributed by atoms with Crippen molar-refractivity contribution in [3.05, 3.63) is 89.5 Å². The maximum atomic E-state index is 13.3. The Morgan fingerprint density at radius 3 is 2.61 bits per heavy atom. The topological polar surface area (TPSA) is 69.6 Å². The minimum absolute atomic E-state index is 0.0222. The van der Waals surface area contributed by atoms with Gasteiger partial charge in [0.1, 0.15) is 0 Å². The molecule has 5 rings (SSSR count). The van der Waals surface area contributed by atoms with Gasteiger partial charge in [-0.05, 0) is 53.9 Å². The number of pyridine rings is 2. The number of hydrogen-bond donors (Lipinski definition) is 1. The third-order valence-electron chi connectivity index (χ3n) is 6.76. The average molecular weight is 439 g/mol. The van der Waals surface area contributed by atoms with Crippen molar-refractivity contribution in [3.63, 3.8) is 0 Å². The van der Waals surface area contributed by atoms with E-state index in [4.69, 9.17) is 0 Å². The zero-order chi connectivity index (χ0) is 22.8. The van der Waals surface area contributed by atoms with Crippen molar-refractivity contribution in [2.45, 2.75) is 24.9 Å². The van der Waals surface area contributed by atoms with Crippen LogP contribution in [0.4, 0.5) is 5.69 Å². The van der Waals surface area contributed by atoms with Gasteiger partial charge in [-0.15, -0.1) is 0 Å². The molecule has 1 N–H and O–H groups in total. The summed E-state index contributed by atoms with van der Waals surface area (Å²) in [6.45, 7) is 0.744. The molecule has 0 saturated carbocycles. The van der Waals surface area contributed by atoms with E-state index in [2.05, 4.69) is 38.8 Å². The van der Waals surface area contributed by atoms with Gasteiger partial charge in [0.25, 0.3) is 0 Å². The van der Waals surface area contributed by atoms with Crippen molar-refractivity contribution in [1.82, 2.24) is 14.9 Å². The first-order valence-electron chi connectivity index (χ1n) is 11.2. The normalized spacial score (nSPS) is 21.1. The van der Waals surface area contributed by atoms with Gasteiger partial charge in [0.15, 0.2) is 0 Å². The first-order valence-corrected chi connectivity index (χ1v) is 11.2. The van der Waals surface area contributed by atoms with Crippen molar-refractivity contribution in [3.8, 4) is 11.8 Å². The van der Waals surface area contributed by atoms with Crippen molar-refractivity contribution in [2.24, 2.45) is 5.92 Å². The van der Waals surface area contributed by atoms with Crippen molar-refractivity contribution in [2.75, 3.05) is 25.1 Å². The van der Waals surface area contributed by atoms with Crippen LogP contribution in [0.25, 0.3) is 0 Å². The molecule has 0 spiro atoms. The number of aliphatic hydroxyl groups excluding tert-OH is 1. The van der Waals surface area contributed by atoms with E-state index < -0.39 is 0 Å². The first kappa shape index (κ1) is 21.2. The third kappa shape index (κ3) is 4.08. The monoisotopic (exact) mass is 438 g/mol. The standard InChI is InChI=1S/C27H26N4O2/c1-30-24-9-8-19(6-7-20-4-2-11-28-16-20)14-23(24)27-22(25(30)18-32)10-13-31(27)26(33)15-21-5-3-12-29-17-21/h2-5,8-9,11-12,14,16-17,22,25,27,32H,10,13,15,18H2,1H3/t22-,25+,27-/m0/s1. The van der Waals surface area contributed by atoms with Gasteiger partial charge in [0.2, 0.25) is 5.91 Å². The van der Waals surface area contributed by atoms with Crippen molar-refractivity contribution < 1.29 is 9.90 Å². The largest absolute Gasteiger partial charge is 0.394 e. The first-order chi connectivity index (χ1) is 16.2. The quantitative estimate of drug-likeness (QED) is 0.637. The smallest absolute Gasteiger partial charge is 0.227 e. The molecule has 0 radical (unpaired) electrons. The highest BCUT2D eigenvalue weighted by molar-refractivity contribution is 5.80. The highest BCUT2D eigenvalue weighted by atomic mass is 16.3. The number of hydrogen-bond acceptors (Lipinski definition) is 5. The predicted molar refractivity (Wildman–Crippen MR) is 126 cm³/mol. The number of nitrogens with zero attached hydrogens (tertiary/aromatic N) is 4. The summed E-state index contributed by atoms with van der Waals surface area (Å²) in [5, 5.41) is 10.2. The molecule has 1 saturated heterocycles. The molecule has 3 atom stereocenters. The van der Waals surface area contributed by atoms with Crippen LogP contribution in [0.5, 0.6) is 0 Å². The van der Waals surface area contributed by atoms with Gasteiger partial charge in [-0.25, -0.2) is 0 Å². The lowest BCUT2D eigenvalue weighted by Gasteiger charge is -2.44. The summed E-state index contributed by atoms with van der Waals surface area (Å²) >= 11 is 0. The molecule has 3 aromatic rings. The molecule has 1 amide bonds. The summed E-state index contributed by atoms with van der Waals surface area (Å²) in [5.41, 5.74) is 4.82. The van der Waals surface area contributed by atoms with Gasteiger partial charge in [-0.1, -0.05) is 17.9 Å². The van der Waals surface area contributed by atoms with E-state index in [1.165, 1.54) is 0 Å². The zero-order valence-corrected chi connectivity index (χ0v) is 18.6. The van der Waals surface area contributed by atoms with Crippen LogP contribution >= 0.6 is 0 Å². The average Bonchev–Trinajstić information content (AvgIpc) is 3.29. The Morgan fingerprint density at radius 1 is 1.09 bits per heavy atom. The Labute approximate surface area is 193 Å². The van der Waals surface area contributed by atoms with E-state index in [1.807, 2.05) is 42.3 Å². The molecule has 0 unspecified atom stereocenters. The van der Waals surface area contributed by atoms with Crippen LogP contribution in [0.3, 0.4) is 0 Å². The highest BCUT2D eigenvalue weighted by Gasteiger charge is 2.47. The molecule has 1 aromatic carbocycles. The minimum Gasteiger partial charge on any atom is -0.394 e. The van der Waals surface area contributed by atoms with Gasteiger partial charge in [-0.2, -0.15) is 0 Å². The molecule has 1 fully saturated rings. The number of likely N-dealkylation sites (tertiary alicyclic amines) is 1. The van der Waals surface area contributed by atoms with Gasteiger partial charge in [-0.3, -0.25) is 14.8 Å². The van der Waals surface area contributed by atoms with Crippen LogP contribution in [0, 0.1) is 17.8 Å². The molecule has 33 heavy (non-hydrogen) atoms. The number of aliphatic hydroxyl groups is 1. The second-order valence-electron chi connectivity index (χ2n) is 8.65. The number of carbonyl (C=O) groups is 1. The summed E-state index contributed by atoms with van der Waals surface area (Å²) in [4.78, 5) is 25.8. The second kappa shape index (κ2) is 9.05. The van der Waals surface area contributed by atoms with E-state index in [0.29, 0.717) is 13.0 Å². The molecule has 2 aliphatic rings. The van der Waals surface area contributed by atoms with E-state index >= 15 is 0 Å². The van der Waals surface area contributed by atoms with Crippen molar-refractivity contribution in [1.29, 1.82) is 0 Å². The van der Waals surface area contributed by atoms with Crippen LogP contribution in [-0.4, -0.2) is 52.1 Å². The van der Waals surface area contributed by atoms with Gasteiger partial charge in [0.05, 0.1) is 25.1 Å². The number of benzene rings is 1. The zero-order valence-electron chi connectivity index (χ0n) is 18.6. The molecule has 0 bridgehead atoms. The lowest BCUT2D eigenvalue weighted by atomic mass is 9.81. The number of aromatic nitrogens is 2. The fourth-order valence-corrected chi connectivity index (χ4v) is 5.17. The van der Waals surface area contributed by atoms with Crippen LogP contribution < -0.4 is 4.90 Å². The molecule has 2 aliphatic heterocycles. The number of carbonyl (C=O) groups excluding carboxylic acids is 1. The number of fused-ring (bicyclic) bond motifs is 3. The molecule has 2 aromatic heterocycles. The summed E-state index contributed by atoms with van der Waals surface area (Å²) in [6, 6.07) is 13.7. The Kier molecular flexibility index (Phi) is 5.80. The molecule has 0 aliphatic carbocycles. The fraction of sp³-hybridized carbons (Fsp3) is 0.296. The van der Waals surface area contributed by atoms with E-state index in [9.17, 15) is 9.90 Å². The second-order valence-corrected chi connectivity index (χ2v) is 8.65. The van der Waals surface area contributed by atoms with Crippen LogP contribution in [0.1, 0.15) is 34.7 Å². The van der Waals surface area contributed by atoms with Crippen molar-refractivity contribution >= 4 is 11.6 Å². The fourth-order valence-electron chi connectivity index (χ4n) is 5.17. The summed E-state index contributed by atoms with van der Waals surface area (Å²) in [5.74, 6) is 6.68. The predicted octanol–water partition coefficient (Wildman–Crippen LogP) is 2.82. The Hall–Kier alpha value is -3.69. The molecule has 6 heteroatoms. The number of likely N-dealkylation sites (N-methyl/N-ethyl adjacent to an activating group) is 1. The highest BCUT2D eigenvalue weighted by Crippen LogP contribution is 2.48. The number of anilines is 1. The van der Waals surface area contributed by atoms with E-state index in [1.54, 1.807) is 24.8 Å². The minimum atomic E-state index is -0.0716. The van der Waals surface area contributed by atoms with Crippen LogP contribution in [0.2, 0.25) is 0 Å². The SMILES string of the molecule is CN1c2ccc(C#Cc3cccnc3)cc2[C@@H]2[C@@H](CCN2C(=O)Cc2cccnc2)[C@H]1CO. The Balaban J connectivity index is 1.50. The maximum Gasteiger partial charge on any atom is 0.227 e. The molecular formula is C27H26N4O2. The van der Waals surface area contributed by atoms with Gasteiger partial charge in [0, 0.05) is 61.1 Å². The number of amides is 1. The Morgan fingerprint density at radius 2 is 1.88 bits per heavy atom. The Bertz CT molecular complexity index is 1200. The molecule has 4 heterocycles. The summed E-state index contributed by atoms with van der Waals surface area (Å²) in [7, 11) is 2.02. The third-order valence-corrected chi connectivity index (χ3v) is 6.76. The van der Waals surface area contributed by atoms with Crippen LogP contribution in [-0.2, 0) is 11.2 Å². The molecular weight excluding hydrogens is 412 g/mol. The van der Waals surface area contributed by atoms with Gasteiger partial charge < -0.3 is 14.9 Å². The van der Waals surface area contributed by atoms with Gasteiger partial charge >= 0.3 is 0 Å². The van der Waals surface area contributed by atoms with E-state index in [-0.39, 0.29) is 30.5 Å². The lowest BCUT2D eigenvalue weighted by Crippen LogP contribution is -2.48. The van der Waals surface area contributed by atoms with E-state index in [0.717, 1.165) is 34.4 Å².